The Hall–Kier alpha value is -2.59. The van der Waals surface area contributed by atoms with Gasteiger partial charge in [0, 0.05) is 37.2 Å². The van der Waals surface area contributed by atoms with Crippen LogP contribution in [-0.4, -0.2) is 27.5 Å². The van der Waals surface area contributed by atoms with Crippen molar-refractivity contribution >= 4 is 5.69 Å². The van der Waals surface area contributed by atoms with Crippen molar-refractivity contribution in [3.8, 4) is 5.69 Å². The van der Waals surface area contributed by atoms with E-state index in [2.05, 4.69) is 87.5 Å². The molecule has 4 nitrogen and oxygen atoms in total. The monoisotopic (exact) mass is 344 g/mol. The molecule has 2 aliphatic rings. The number of para-hydroxylation sites is 2. The van der Waals surface area contributed by atoms with Crippen LogP contribution in [0.3, 0.4) is 0 Å². The van der Waals surface area contributed by atoms with Gasteiger partial charge in [-0.05, 0) is 56.2 Å². The molecule has 0 saturated carbocycles. The van der Waals surface area contributed by atoms with Crippen LogP contribution in [0.5, 0.6) is 0 Å². The molecule has 1 N–H and O–H groups in total. The summed E-state index contributed by atoms with van der Waals surface area (Å²) in [7, 11) is 0. The maximum atomic E-state index is 4.67. The first-order valence-corrected chi connectivity index (χ1v) is 9.44. The van der Waals surface area contributed by atoms with E-state index in [1.165, 1.54) is 22.8 Å². The Bertz CT molecular complexity index is 935. The van der Waals surface area contributed by atoms with Crippen molar-refractivity contribution in [1.29, 1.82) is 0 Å². The van der Waals surface area contributed by atoms with E-state index >= 15 is 0 Å². The number of aryl methyl sites for hydroxylation is 1. The summed E-state index contributed by atoms with van der Waals surface area (Å²) in [5, 5.41) is 3.89. The van der Waals surface area contributed by atoms with E-state index in [1.54, 1.807) is 0 Å². The maximum Gasteiger partial charge on any atom is 0.0804 e. The second-order valence-electron chi connectivity index (χ2n) is 7.53. The van der Waals surface area contributed by atoms with Gasteiger partial charge in [0.1, 0.15) is 0 Å². The Morgan fingerprint density at radius 2 is 1.85 bits per heavy atom. The van der Waals surface area contributed by atoms with Gasteiger partial charge in [-0.25, -0.2) is 0 Å². The fourth-order valence-corrected chi connectivity index (χ4v) is 4.48. The van der Waals surface area contributed by atoms with Gasteiger partial charge in [0.25, 0.3) is 0 Å². The highest BCUT2D eigenvalue weighted by Gasteiger charge is 2.41. The number of piperidine rings is 1. The average molecular weight is 344 g/mol. The molecular formula is C22H24N4. The van der Waals surface area contributed by atoms with E-state index in [0.717, 1.165) is 38.2 Å². The standard InChI is InChI=1S/C22H24N4/c1-17-6-4-7-18(23-17)16-25-14-11-22(12-15-25)21-10-5-13-26(21)20-9-3-2-8-19(20)24-22/h2-10,13,24H,11-12,14-16H2,1H3. The molecule has 4 heteroatoms. The zero-order valence-electron chi connectivity index (χ0n) is 15.2. The SMILES string of the molecule is Cc1cccc(CN2CCC3(CC2)Nc2ccccc2-n2cccc23)n1. The lowest BCUT2D eigenvalue weighted by molar-refractivity contribution is 0.160. The highest BCUT2D eigenvalue weighted by molar-refractivity contribution is 5.67. The fourth-order valence-electron chi connectivity index (χ4n) is 4.48. The minimum Gasteiger partial charge on any atom is -0.372 e. The normalized spacial score (nSPS) is 18.2. The number of rotatable bonds is 2. The topological polar surface area (TPSA) is 33.1 Å². The summed E-state index contributed by atoms with van der Waals surface area (Å²) in [6.45, 7) is 5.16. The van der Waals surface area contributed by atoms with Gasteiger partial charge in [-0.1, -0.05) is 18.2 Å². The first kappa shape index (κ1) is 15.6. The molecule has 2 aliphatic heterocycles. The van der Waals surface area contributed by atoms with Crippen molar-refractivity contribution in [1.82, 2.24) is 14.5 Å². The predicted octanol–water partition coefficient (Wildman–Crippen LogP) is 4.10. The molecule has 3 aromatic rings. The number of fused-ring (bicyclic) bond motifs is 4. The number of aromatic nitrogens is 2. The Morgan fingerprint density at radius 3 is 2.69 bits per heavy atom. The van der Waals surface area contributed by atoms with E-state index in [1.807, 2.05) is 0 Å². The molecule has 26 heavy (non-hydrogen) atoms. The molecule has 1 aromatic carbocycles. The summed E-state index contributed by atoms with van der Waals surface area (Å²) >= 11 is 0. The lowest BCUT2D eigenvalue weighted by atomic mass is 9.82. The molecule has 0 bridgehead atoms. The summed E-state index contributed by atoms with van der Waals surface area (Å²) in [5.74, 6) is 0. The van der Waals surface area contributed by atoms with Gasteiger partial charge >= 0.3 is 0 Å². The summed E-state index contributed by atoms with van der Waals surface area (Å²) in [4.78, 5) is 7.20. The van der Waals surface area contributed by atoms with Crippen LogP contribution in [0.4, 0.5) is 5.69 Å². The second kappa shape index (κ2) is 5.99. The van der Waals surface area contributed by atoms with Crippen LogP contribution >= 0.6 is 0 Å². The van der Waals surface area contributed by atoms with Crippen molar-refractivity contribution in [3.05, 3.63) is 77.9 Å². The van der Waals surface area contributed by atoms with Crippen molar-refractivity contribution in [3.63, 3.8) is 0 Å². The largest absolute Gasteiger partial charge is 0.372 e. The van der Waals surface area contributed by atoms with Crippen molar-refractivity contribution in [2.24, 2.45) is 0 Å². The maximum absolute atomic E-state index is 4.67. The summed E-state index contributed by atoms with van der Waals surface area (Å²) in [6, 6.07) is 19.4. The molecule has 2 aromatic heterocycles. The molecule has 0 atom stereocenters. The lowest BCUT2D eigenvalue weighted by Gasteiger charge is -2.46. The van der Waals surface area contributed by atoms with Gasteiger partial charge in [-0.3, -0.25) is 9.88 Å². The third-order valence-corrected chi connectivity index (χ3v) is 5.82. The van der Waals surface area contributed by atoms with Gasteiger partial charge in [-0.15, -0.1) is 0 Å². The third-order valence-electron chi connectivity index (χ3n) is 5.82. The Labute approximate surface area is 154 Å². The minimum absolute atomic E-state index is 0.0361. The Kier molecular flexibility index (Phi) is 3.61. The highest BCUT2D eigenvalue weighted by Crippen LogP contribution is 2.43. The molecule has 1 saturated heterocycles. The zero-order chi connectivity index (χ0) is 17.6. The van der Waals surface area contributed by atoms with Crippen LogP contribution in [0.15, 0.2) is 60.8 Å². The summed E-state index contributed by atoms with van der Waals surface area (Å²) in [5.41, 5.74) is 6.19. The number of pyridine rings is 1. The van der Waals surface area contributed by atoms with Crippen LogP contribution in [0.1, 0.15) is 29.9 Å². The molecular weight excluding hydrogens is 320 g/mol. The van der Waals surface area contributed by atoms with Crippen LogP contribution < -0.4 is 5.32 Å². The number of nitrogens with zero attached hydrogens (tertiary/aromatic N) is 3. The number of nitrogens with one attached hydrogen (secondary N) is 1. The number of benzene rings is 1. The van der Waals surface area contributed by atoms with E-state index in [-0.39, 0.29) is 5.54 Å². The Balaban J connectivity index is 1.38. The van der Waals surface area contributed by atoms with Crippen molar-refractivity contribution in [2.45, 2.75) is 31.8 Å². The van der Waals surface area contributed by atoms with Crippen LogP contribution in [0, 0.1) is 6.92 Å². The molecule has 0 aliphatic carbocycles. The number of likely N-dealkylation sites (tertiary alicyclic amines) is 1. The van der Waals surface area contributed by atoms with E-state index < -0.39 is 0 Å². The number of anilines is 1. The van der Waals surface area contributed by atoms with Crippen LogP contribution in [-0.2, 0) is 12.1 Å². The van der Waals surface area contributed by atoms with E-state index in [0.29, 0.717) is 0 Å². The van der Waals surface area contributed by atoms with Gasteiger partial charge in [-0.2, -0.15) is 0 Å². The molecule has 5 rings (SSSR count). The van der Waals surface area contributed by atoms with Crippen molar-refractivity contribution in [2.75, 3.05) is 18.4 Å². The molecule has 0 radical (unpaired) electrons. The Morgan fingerprint density at radius 1 is 1.00 bits per heavy atom. The quantitative estimate of drug-likeness (QED) is 0.760. The molecule has 132 valence electrons. The van der Waals surface area contributed by atoms with Gasteiger partial charge in [0.15, 0.2) is 0 Å². The molecule has 1 spiro atoms. The zero-order valence-corrected chi connectivity index (χ0v) is 15.2. The highest BCUT2D eigenvalue weighted by atomic mass is 15.2. The fraction of sp³-hybridized carbons (Fsp3) is 0.318. The molecule has 0 unspecified atom stereocenters. The number of hydrogen-bond donors (Lipinski definition) is 1. The predicted molar refractivity (Wildman–Crippen MR) is 105 cm³/mol. The average Bonchev–Trinajstić information content (AvgIpc) is 3.15. The smallest absolute Gasteiger partial charge is 0.0804 e. The first-order chi connectivity index (χ1) is 12.7. The van der Waals surface area contributed by atoms with Crippen molar-refractivity contribution < 1.29 is 0 Å². The summed E-state index contributed by atoms with van der Waals surface area (Å²) in [6.07, 6.45) is 4.41. The lowest BCUT2D eigenvalue weighted by Crippen LogP contribution is -2.49. The summed E-state index contributed by atoms with van der Waals surface area (Å²) < 4.78 is 2.36. The second-order valence-corrected chi connectivity index (χ2v) is 7.53. The van der Waals surface area contributed by atoms with Gasteiger partial charge < -0.3 is 9.88 Å². The van der Waals surface area contributed by atoms with E-state index in [9.17, 15) is 0 Å². The third kappa shape index (κ3) is 2.53. The van der Waals surface area contributed by atoms with Crippen LogP contribution in [0.25, 0.3) is 5.69 Å². The minimum atomic E-state index is 0.0361. The molecule has 1 fully saturated rings. The molecule has 0 amide bonds. The molecule has 4 heterocycles. The van der Waals surface area contributed by atoms with Gasteiger partial charge in [0.05, 0.1) is 22.6 Å². The number of hydrogen-bond acceptors (Lipinski definition) is 3. The van der Waals surface area contributed by atoms with Gasteiger partial charge in [0.2, 0.25) is 0 Å². The first-order valence-electron chi connectivity index (χ1n) is 9.44. The van der Waals surface area contributed by atoms with Crippen LogP contribution in [0.2, 0.25) is 0 Å². The van der Waals surface area contributed by atoms with E-state index in [4.69, 9.17) is 0 Å².